The monoisotopic (exact) mass is 419 g/mol. The Morgan fingerprint density at radius 1 is 1.11 bits per heavy atom. The number of benzene rings is 1. The number of ether oxygens (including phenoxy) is 1. The molecule has 0 spiro atoms. The molecule has 27 heavy (non-hydrogen) atoms. The molecule has 0 radical (unpaired) electrons. The van der Waals surface area contributed by atoms with Gasteiger partial charge in [0.05, 0.1) is 23.5 Å². The first-order chi connectivity index (χ1) is 12.2. The fraction of sp³-hybridized carbons (Fsp3) is 0.533. The summed E-state index contributed by atoms with van der Waals surface area (Å²) >= 11 is 0. The summed E-state index contributed by atoms with van der Waals surface area (Å²) in [4.78, 5) is 12.3. The van der Waals surface area contributed by atoms with E-state index in [0.29, 0.717) is 12.1 Å². The zero-order valence-electron chi connectivity index (χ0n) is 13.9. The minimum absolute atomic E-state index is 0.00501. The van der Waals surface area contributed by atoms with Crippen molar-refractivity contribution in [3.05, 3.63) is 29.3 Å². The molecule has 1 aliphatic rings. The van der Waals surface area contributed by atoms with E-state index in [2.05, 4.69) is 4.74 Å². The topological polar surface area (TPSA) is 63.7 Å². The van der Waals surface area contributed by atoms with Crippen molar-refractivity contribution in [1.29, 1.82) is 0 Å². The van der Waals surface area contributed by atoms with Crippen LogP contribution in [0.5, 0.6) is 0 Å². The van der Waals surface area contributed by atoms with Gasteiger partial charge in [-0.2, -0.15) is 26.3 Å². The molecule has 1 atom stereocenters. The Morgan fingerprint density at radius 3 is 2.07 bits per heavy atom. The number of halogens is 6. The van der Waals surface area contributed by atoms with Crippen molar-refractivity contribution in [1.82, 2.24) is 0 Å². The zero-order chi connectivity index (χ0) is 20.6. The van der Waals surface area contributed by atoms with Crippen molar-refractivity contribution in [2.45, 2.75) is 24.0 Å². The van der Waals surface area contributed by atoms with Crippen molar-refractivity contribution in [2.24, 2.45) is 0 Å². The number of alkyl halides is 6. The van der Waals surface area contributed by atoms with Crippen molar-refractivity contribution in [2.75, 3.05) is 30.9 Å². The molecule has 5 nitrogen and oxygen atoms in total. The van der Waals surface area contributed by atoms with Gasteiger partial charge in [-0.15, -0.1) is 0 Å². The van der Waals surface area contributed by atoms with Crippen molar-refractivity contribution < 1.29 is 44.3 Å². The van der Waals surface area contributed by atoms with Crippen LogP contribution in [0, 0.1) is 0 Å². The molecule has 1 heterocycles. The molecule has 1 aromatic carbocycles. The van der Waals surface area contributed by atoms with Gasteiger partial charge in [-0.25, -0.2) is 8.42 Å². The Bertz CT molecular complexity index is 786. The third kappa shape index (κ3) is 5.05. The molecular formula is C15H15F6NO4S. The standard InChI is InChI=1S/C15H15F6NO4S/c1-26-13(23)8-27(24,25)12-2-3-22(7-12)11-5-9(14(16,17)18)4-10(6-11)15(19,20)21/h4-6,12H,2-3,7-8H2,1H3. The summed E-state index contributed by atoms with van der Waals surface area (Å²) in [6, 6.07) is 1.10. The zero-order valence-corrected chi connectivity index (χ0v) is 14.7. The predicted octanol–water partition coefficient (Wildman–Crippen LogP) is 2.89. The van der Waals surface area contributed by atoms with Gasteiger partial charge in [0.25, 0.3) is 0 Å². The minimum atomic E-state index is -4.99. The molecule has 152 valence electrons. The Labute approximate surface area is 150 Å². The lowest BCUT2D eigenvalue weighted by atomic mass is 10.1. The second-order valence-electron chi connectivity index (χ2n) is 6.00. The van der Waals surface area contributed by atoms with Crippen LogP contribution in [0.25, 0.3) is 0 Å². The molecule has 1 saturated heterocycles. The molecule has 0 amide bonds. The van der Waals surface area contributed by atoms with E-state index in [1.807, 2.05) is 0 Å². The average molecular weight is 419 g/mol. The smallest absolute Gasteiger partial charge is 0.416 e. The highest BCUT2D eigenvalue weighted by atomic mass is 32.2. The van der Waals surface area contributed by atoms with Crippen LogP contribution < -0.4 is 4.90 Å². The first-order valence-corrected chi connectivity index (χ1v) is 9.28. The summed E-state index contributed by atoms with van der Waals surface area (Å²) in [5.41, 5.74) is -3.34. The van der Waals surface area contributed by atoms with Crippen LogP contribution in [0.3, 0.4) is 0 Å². The number of hydrogen-bond donors (Lipinski definition) is 0. The van der Waals surface area contributed by atoms with E-state index in [9.17, 15) is 39.6 Å². The molecule has 12 heteroatoms. The summed E-state index contributed by atoms with van der Waals surface area (Å²) in [6.45, 7) is -0.387. The SMILES string of the molecule is COC(=O)CS(=O)(=O)C1CCN(c2cc(C(F)(F)F)cc(C(F)(F)F)c2)C1. The first-order valence-electron chi connectivity index (χ1n) is 7.57. The third-order valence-corrected chi connectivity index (χ3v) is 6.18. The summed E-state index contributed by atoms with van der Waals surface area (Å²) in [5.74, 6) is -1.90. The second-order valence-corrected chi connectivity index (χ2v) is 8.29. The van der Waals surface area contributed by atoms with Gasteiger partial charge < -0.3 is 9.64 Å². The minimum Gasteiger partial charge on any atom is -0.468 e. The number of esters is 1. The number of hydrogen-bond acceptors (Lipinski definition) is 5. The quantitative estimate of drug-likeness (QED) is 0.555. The van der Waals surface area contributed by atoms with Crippen LogP contribution in [0.1, 0.15) is 17.5 Å². The van der Waals surface area contributed by atoms with Crippen LogP contribution in [-0.4, -0.2) is 45.6 Å². The maximum atomic E-state index is 12.9. The molecule has 1 aromatic rings. The molecule has 0 aromatic heterocycles. The van der Waals surface area contributed by atoms with Crippen molar-refractivity contribution in [3.63, 3.8) is 0 Å². The maximum Gasteiger partial charge on any atom is 0.416 e. The van der Waals surface area contributed by atoms with Crippen LogP contribution in [0.2, 0.25) is 0 Å². The number of sulfone groups is 1. The largest absolute Gasteiger partial charge is 0.468 e. The Balaban J connectivity index is 2.33. The van der Waals surface area contributed by atoms with Crippen LogP contribution in [0.4, 0.5) is 32.0 Å². The molecule has 1 unspecified atom stereocenters. The summed E-state index contributed by atoms with van der Waals surface area (Å²) in [6.07, 6.45) is -10.0. The summed E-state index contributed by atoms with van der Waals surface area (Å²) in [5, 5.41) is -1.10. The van der Waals surface area contributed by atoms with E-state index in [4.69, 9.17) is 0 Å². The molecular weight excluding hydrogens is 404 g/mol. The van der Waals surface area contributed by atoms with Gasteiger partial charge in [0.1, 0.15) is 5.75 Å². The van der Waals surface area contributed by atoms with E-state index in [-0.39, 0.29) is 31.3 Å². The number of rotatable bonds is 4. The van der Waals surface area contributed by atoms with E-state index >= 15 is 0 Å². The van der Waals surface area contributed by atoms with Gasteiger partial charge in [0.2, 0.25) is 0 Å². The fourth-order valence-corrected chi connectivity index (χ4v) is 4.27. The first kappa shape index (κ1) is 21.3. The Morgan fingerprint density at radius 2 is 1.63 bits per heavy atom. The van der Waals surface area contributed by atoms with Gasteiger partial charge in [-0.05, 0) is 24.6 Å². The fourth-order valence-electron chi connectivity index (χ4n) is 2.72. The predicted molar refractivity (Wildman–Crippen MR) is 82.9 cm³/mol. The van der Waals surface area contributed by atoms with Crippen LogP contribution >= 0.6 is 0 Å². The molecule has 1 fully saturated rings. The van der Waals surface area contributed by atoms with Crippen LogP contribution in [0.15, 0.2) is 18.2 Å². The van der Waals surface area contributed by atoms with Gasteiger partial charge in [0, 0.05) is 18.8 Å². The molecule has 0 saturated carbocycles. The summed E-state index contributed by atoms with van der Waals surface area (Å²) in [7, 11) is -2.95. The summed E-state index contributed by atoms with van der Waals surface area (Å²) < 4.78 is 106. The number of anilines is 1. The van der Waals surface area contributed by atoms with Gasteiger partial charge in [-0.3, -0.25) is 4.79 Å². The lowest BCUT2D eigenvalue weighted by molar-refractivity contribution is -0.143. The van der Waals surface area contributed by atoms with E-state index < -0.39 is 50.3 Å². The van der Waals surface area contributed by atoms with Crippen LogP contribution in [-0.2, 0) is 31.7 Å². The molecule has 0 aliphatic carbocycles. The average Bonchev–Trinajstić information content (AvgIpc) is 3.03. The van der Waals surface area contributed by atoms with E-state index in [1.54, 1.807) is 0 Å². The van der Waals surface area contributed by atoms with Crippen molar-refractivity contribution >= 4 is 21.5 Å². The van der Waals surface area contributed by atoms with Gasteiger partial charge >= 0.3 is 18.3 Å². The number of carbonyl (C=O) groups is 1. The normalized spacial score (nSPS) is 18.6. The number of carbonyl (C=O) groups excluding carboxylic acids is 1. The van der Waals surface area contributed by atoms with Gasteiger partial charge in [0.15, 0.2) is 9.84 Å². The molecule has 0 N–H and O–H groups in total. The lowest BCUT2D eigenvalue weighted by Gasteiger charge is -2.22. The highest BCUT2D eigenvalue weighted by molar-refractivity contribution is 7.92. The Hall–Kier alpha value is -1.98. The highest BCUT2D eigenvalue weighted by Crippen LogP contribution is 2.39. The highest BCUT2D eigenvalue weighted by Gasteiger charge is 2.39. The van der Waals surface area contributed by atoms with Gasteiger partial charge in [-0.1, -0.05) is 0 Å². The Kier molecular flexibility index (Phi) is 5.69. The molecule has 1 aliphatic heterocycles. The van der Waals surface area contributed by atoms with E-state index in [0.717, 1.165) is 12.0 Å². The molecule has 0 bridgehead atoms. The second kappa shape index (κ2) is 7.21. The molecule has 2 rings (SSSR count). The third-order valence-electron chi connectivity index (χ3n) is 4.14. The lowest BCUT2D eigenvalue weighted by Crippen LogP contribution is -2.31. The maximum absolute atomic E-state index is 12.9. The van der Waals surface area contributed by atoms with Crippen molar-refractivity contribution in [3.8, 4) is 0 Å². The van der Waals surface area contributed by atoms with E-state index in [1.165, 1.54) is 0 Å². The number of nitrogens with zero attached hydrogens (tertiary/aromatic N) is 1. The number of methoxy groups -OCH3 is 1.